The second-order valence-electron chi connectivity index (χ2n) is 4.08. The van der Waals surface area contributed by atoms with Gasteiger partial charge >= 0.3 is 5.97 Å². The van der Waals surface area contributed by atoms with Crippen LogP contribution in [0.1, 0.15) is 15.9 Å². The van der Waals surface area contributed by atoms with Gasteiger partial charge in [0.05, 0.1) is 5.56 Å². The van der Waals surface area contributed by atoms with Crippen LogP contribution in [-0.4, -0.2) is 11.1 Å². The van der Waals surface area contributed by atoms with Crippen LogP contribution in [0.3, 0.4) is 0 Å². The molecule has 0 heterocycles. The molecule has 0 fully saturated rings. The maximum absolute atomic E-state index is 13.6. The molecule has 0 bridgehead atoms. The van der Waals surface area contributed by atoms with E-state index in [4.69, 9.17) is 5.11 Å². The van der Waals surface area contributed by atoms with E-state index in [0.717, 1.165) is 0 Å². The van der Waals surface area contributed by atoms with Crippen molar-refractivity contribution in [2.45, 2.75) is 6.92 Å². The lowest BCUT2D eigenvalue weighted by Crippen LogP contribution is -2.00. The number of hydrogen-bond donors (Lipinski definition) is 1. The number of aryl methyl sites for hydroxylation is 1. The Labute approximate surface area is 107 Å². The maximum atomic E-state index is 13.6. The van der Waals surface area contributed by atoms with Crippen molar-refractivity contribution in [3.05, 3.63) is 58.9 Å². The summed E-state index contributed by atoms with van der Waals surface area (Å²) in [7, 11) is 0. The quantitative estimate of drug-likeness (QED) is 0.840. The summed E-state index contributed by atoms with van der Waals surface area (Å²) in [5.41, 5.74) is 0.488. The lowest BCUT2D eigenvalue weighted by Gasteiger charge is -2.07. The molecule has 0 atom stereocenters. The van der Waals surface area contributed by atoms with Crippen LogP contribution >= 0.6 is 0 Å². The minimum atomic E-state index is -1.29. The van der Waals surface area contributed by atoms with E-state index in [9.17, 15) is 18.0 Å². The lowest BCUT2D eigenvalue weighted by molar-refractivity contribution is 0.0696. The van der Waals surface area contributed by atoms with E-state index < -0.39 is 23.4 Å². The largest absolute Gasteiger partial charge is 0.478 e. The van der Waals surface area contributed by atoms with E-state index in [1.54, 1.807) is 6.92 Å². The van der Waals surface area contributed by atoms with Crippen molar-refractivity contribution in [1.29, 1.82) is 0 Å². The Balaban J connectivity index is 2.63. The zero-order valence-electron chi connectivity index (χ0n) is 9.88. The average molecular weight is 266 g/mol. The molecule has 19 heavy (non-hydrogen) atoms. The van der Waals surface area contributed by atoms with Crippen molar-refractivity contribution in [3.8, 4) is 11.1 Å². The molecule has 0 aliphatic heterocycles. The first-order valence-corrected chi connectivity index (χ1v) is 5.39. The highest BCUT2D eigenvalue weighted by Crippen LogP contribution is 2.27. The van der Waals surface area contributed by atoms with Crippen LogP contribution < -0.4 is 0 Å². The Hall–Kier alpha value is -2.30. The van der Waals surface area contributed by atoms with Gasteiger partial charge in [0.1, 0.15) is 5.82 Å². The molecule has 0 aromatic heterocycles. The normalized spacial score (nSPS) is 10.5. The van der Waals surface area contributed by atoms with Gasteiger partial charge in [-0.3, -0.25) is 0 Å². The van der Waals surface area contributed by atoms with Crippen LogP contribution in [0, 0.1) is 24.4 Å². The molecular formula is C14H9F3O2. The zero-order chi connectivity index (χ0) is 14.2. The van der Waals surface area contributed by atoms with E-state index in [-0.39, 0.29) is 16.7 Å². The van der Waals surface area contributed by atoms with Crippen molar-refractivity contribution in [2.75, 3.05) is 0 Å². The molecule has 0 amide bonds. The van der Waals surface area contributed by atoms with Crippen molar-refractivity contribution >= 4 is 5.97 Å². The molecule has 2 aromatic carbocycles. The molecular weight excluding hydrogens is 257 g/mol. The molecule has 0 unspecified atom stereocenters. The fourth-order valence-corrected chi connectivity index (χ4v) is 1.76. The maximum Gasteiger partial charge on any atom is 0.335 e. The van der Waals surface area contributed by atoms with Crippen LogP contribution in [-0.2, 0) is 0 Å². The number of aromatic carboxylic acids is 1. The number of carbonyl (C=O) groups is 1. The monoisotopic (exact) mass is 266 g/mol. The van der Waals surface area contributed by atoms with Crippen LogP contribution in [0.4, 0.5) is 13.2 Å². The Morgan fingerprint density at radius 3 is 2.26 bits per heavy atom. The number of rotatable bonds is 2. The van der Waals surface area contributed by atoms with Crippen molar-refractivity contribution < 1.29 is 23.1 Å². The third-order valence-corrected chi connectivity index (χ3v) is 2.79. The standard InChI is InChI=1S/C14H9F3O2/c1-7-2-3-8(4-9(7)14(18)19)10-5-12(16)13(17)6-11(10)15/h2-6H,1H3,(H,18,19). The third kappa shape index (κ3) is 2.45. The smallest absolute Gasteiger partial charge is 0.335 e. The highest BCUT2D eigenvalue weighted by Gasteiger charge is 2.14. The van der Waals surface area contributed by atoms with Crippen molar-refractivity contribution in [3.63, 3.8) is 0 Å². The molecule has 2 rings (SSSR count). The predicted molar refractivity (Wildman–Crippen MR) is 63.4 cm³/mol. The molecule has 0 spiro atoms. The van der Waals surface area contributed by atoms with Gasteiger partial charge in [-0.1, -0.05) is 12.1 Å². The highest BCUT2D eigenvalue weighted by atomic mass is 19.2. The molecule has 0 aliphatic carbocycles. The molecule has 0 saturated carbocycles. The summed E-state index contributed by atoms with van der Waals surface area (Å²) in [5.74, 6) is -4.58. The Morgan fingerprint density at radius 2 is 1.63 bits per heavy atom. The summed E-state index contributed by atoms with van der Waals surface area (Å²) in [6.45, 7) is 1.59. The Morgan fingerprint density at radius 1 is 1.00 bits per heavy atom. The van der Waals surface area contributed by atoms with Crippen LogP contribution in [0.15, 0.2) is 30.3 Å². The van der Waals surface area contributed by atoms with Gasteiger partial charge in [0.2, 0.25) is 0 Å². The van der Waals surface area contributed by atoms with Gasteiger partial charge in [0, 0.05) is 11.6 Å². The summed E-state index contributed by atoms with van der Waals surface area (Å²) >= 11 is 0. The van der Waals surface area contributed by atoms with Gasteiger partial charge < -0.3 is 5.11 Å². The van der Waals surface area contributed by atoms with E-state index in [1.807, 2.05) is 0 Å². The zero-order valence-corrected chi connectivity index (χ0v) is 9.88. The first-order valence-electron chi connectivity index (χ1n) is 5.39. The Bertz CT molecular complexity index is 666. The van der Waals surface area contributed by atoms with Gasteiger partial charge in [-0.05, 0) is 30.2 Å². The molecule has 2 nitrogen and oxygen atoms in total. The number of hydrogen-bond acceptors (Lipinski definition) is 1. The number of benzene rings is 2. The SMILES string of the molecule is Cc1ccc(-c2cc(F)c(F)cc2F)cc1C(=O)O. The highest BCUT2D eigenvalue weighted by molar-refractivity contribution is 5.91. The summed E-state index contributed by atoms with van der Waals surface area (Å²) in [6, 6.07) is 5.32. The predicted octanol–water partition coefficient (Wildman–Crippen LogP) is 3.78. The number of halogens is 3. The van der Waals surface area contributed by atoms with E-state index in [0.29, 0.717) is 17.7 Å². The van der Waals surface area contributed by atoms with Gasteiger partial charge in [-0.2, -0.15) is 0 Å². The molecule has 0 radical (unpaired) electrons. The Kier molecular flexibility index (Phi) is 3.29. The molecule has 5 heteroatoms. The minimum Gasteiger partial charge on any atom is -0.478 e. The van der Waals surface area contributed by atoms with E-state index in [1.165, 1.54) is 18.2 Å². The summed E-state index contributed by atoms with van der Waals surface area (Å²) < 4.78 is 39.6. The summed E-state index contributed by atoms with van der Waals surface area (Å²) in [5, 5.41) is 8.98. The molecule has 2 aromatic rings. The summed E-state index contributed by atoms with van der Waals surface area (Å²) in [4.78, 5) is 11.0. The van der Waals surface area contributed by atoms with Crippen molar-refractivity contribution in [2.24, 2.45) is 0 Å². The minimum absolute atomic E-state index is 0.0124. The lowest BCUT2D eigenvalue weighted by atomic mass is 9.99. The molecule has 98 valence electrons. The topological polar surface area (TPSA) is 37.3 Å². The first kappa shape index (κ1) is 13.1. The van der Waals surface area contributed by atoms with Crippen LogP contribution in [0.25, 0.3) is 11.1 Å². The molecule has 1 N–H and O–H groups in total. The van der Waals surface area contributed by atoms with E-state index in [2.05, 4.69) is 0 Å². The molecule has 0 saturated heterocycles. The third-order valence-electron chi connectivity index (χ3n) is 2.79. The van der Waals surface area contributed by atoms with Gasteiger partial charge in [0.25, 0.3) is 0 Å². The van der Waals surface area contributed by atoms with Crippen molar-refractivity contribution in [1.82, 2.24) is 0 Å². The number of carboxylic acids is 1. The molecule has 0 aliphatic rings. The van der Waals surface area contributed by atoms with Crippen LogP contribution in [0.2, 0.25) is 0 Å². The fourth-order valence-electron chi connectivity index (χ4n) is 1.76. The second-order valence-corrected chi connectivity index (χ2v) is 4.08. The average Bonchev–Trinajstić information content (AvgIpc) is 2.34. The van der Waals surface area contributed by atoms with Gasteiger partial charge in [-0.25, -0.2) is 18.0 Å². The fraction of sp³-hybridized carbons (Fsp3) is 0.0714. The summed E-state index contributed by atoms with van der Waals surface area (Å²) in [6.07, 6.45) is 0. The van der Waals surface area contributed by atoms with Gasteiger partial charge in [0.15, 0.2) is 11.6 Å². The second kappa shape index (κ2) is 4.76. The van der Waals surface area contributed by atoms with Crippen LogP contribution in [0.5, 0.6) is 0 Å². The van der Waals surface area contributed by atoms with E-state index >= 15 is 0 Å². The first-order chi connectivity index (χ1) is 8.90. The number of carboxylic acid groups (broad SMARTS) is 1. The van der Waals surface area contributed by atoms with Gasteiger partial charge in [-0.15, -0.1) is 0 Å².